The molecule has 2 rings (SSSR count). The van der Waals surface area contributed by atoms with Gasteiger partial charge in [-0.3, -0.25) is 4.79 Å². The van der Waals surface area contributed by atoms with Gasteiger partial charge in [0, 0.05) is 16.9 Å². The summed E-state index contributed by atoms with van der Waals surface area (Å²) in [5, 5.41) is 3.01. The van der Waals surface area contributed by atoms with Gasteiger partial charge in [-0.2, -0.15) is 0 Å². The van der Waals surface area contributed by atoms with Crippen LogP contribution in [-0.4, -0.2) is 10.9 Å². The van der Waals surface area contributed by atoms with Crippen molar-refractivity contribution in [3.05, 3.63) is 58.1 Å². The van der Waals surface area contributed by atoms with Gasteiger partial charge in [-0.05, 0) is 30.3 Å². The molecule has 0 bridgehead atoms. The van der Waals surface area contributed by atoms with E-state index in [1.807, 2.05) is 0 Å². The van der Waals surface area contributed by atoms with Crippen molar-refractivity contribution >= 4 is 34.8 Å². The summed E-state index contributed by atoms with van der Waals surface area (Å²) < 4.78 is 13.1. The average molecular weight is 285 g/mol. The van der Waals surface area contributed by atoms with Crippen molar-refractivity contribution in [1.82, 2.24) is 4.98 Å². The Labute approximate surface area is 113 Å². The lowest BCUT2D eigenvalue weighted by Gasteiger charge is -2.05. The molecule has 1 heterocycles. The maximum atomic E-state index is 13.1. The van der Waals surface area contributed by atoms with Gasteiger partial charge in [0.25, 0.3) is 5.91 Å². The average Bonchev–Trinajstić information content (AvgIpc) is 2.28. The van der Waals surface area contributed by atoms with E-state index in [4.69, 9.17) is 23.2 Å². The number of hydrogen-bond acceptors (Lipinski definition) is 2. The zero-order valence-corrected chi connectivity index (χ0v) is 10.5. The highest BCUT2D eigenvalue weighted by Gasteiger charge is 2.07. The first kappa shape index (κ1) is 12.8. The highest BCUT2D eigenvalue weighted by Crippen LogP contribution is 2.18. The number of carbonyl (C=O) groups excluding carboxylic acids is 1. The molecule has 1 aromatic heterocycles. The summed E-state index contributed by atoms with van der Waals surface area (Å²) in [7, 11) is 0. The molecule has 92 valence electrons. The van der Waals surface area contributed by atoms with E-state index in [0.717, 1.165) is 6.07 Å². The standard InChI is InChI=1S/C12H7Cl2FN2O/c13-8-3-9(15)5-10(4-8)17-12(18)7-1-2-11(14)16-6-7/h1-6H,(H,17,18). The number of halogens is 3. The second-order valence-electron chi connectivity index (χ2n) is 3.48. The van der Waals surface area contributed by atoms with Gasteiger partial charge in [-0.1, -0.05) is 23.2 Å². The van der Waals surface area contributed by atoms with Gasteiger partial charge in [0.15, 0.2) is 0 Å². The summed E-state index contributed by atoms with van der Waals surface area (Å²) >= 11 is 11.3. The monoisotopic (exact) mass is 284 g/mol. The zero-order chi connectivity index (χ0) is 13.1. The number of aromatic nitrogens is 1. The second-order valence-corrected chi connectivity index (χ2v) is 4.31. The summed E-state index contributed by atoms with van der Waals surface area (Å²) in [6.07, 6.45) is 1.33. The van der Waals surface area contributed by atoms with E-state index < -0.39 is 11.7 Å². The van der Waals surface area contributed by atoms with Crippen LogP contribution in [0.1, 0.15) is 10.4 Å². The summed E-state index contributed by atoms with van der Waals surface area (Å²) in [6.45, 7) is 0. The van der Waals surface area contributed by atoms with Crippen LogP contribution < -0.4 is 5.32 Å². The molecule has 0 aliphatic carbocycles. The Morgan fingerprint density at radius 3 is 2.61 bits per heavy atom. The molecular weight excluding hydrogens is 278 g/mol. The van der Waals surface area contributed by atoms with Crippen LogP contribution >= 0.6 is 23.2 Å². The Morgan fingerprint density at radius 1 is 1.22 bits per heavy atom. The van der Waals surface area contributed by atoms with Crippen molar-refractivity contribution < 1.29 is 9.18 Å². The van der Waals surface area contributed by atoms with Crippen LogP contribution in [0.5, 0.6) is 0 Å². The molecule has 0 radical (unpaired) electrons. The Kier molecular flexibility index (Phi) is 3.79. The van der Waals surface area contributed by atoms with E-state index in [0.29, 0.717) is 10.7 Å². The van der Waals surface area contributed by atoms with Crippen molar-refractivity contribution in [1.29, 1.82) is 0 Å². The molecule has 0 aliphatic heterocycles. The molecule has 2 aromatic rings. The van der Waals surface area contributed by atoms with E-state index in [1.54, 1.807) is 0 Å². The zero-order valence-electron chi connectivity index (χ0n) is 8.95. The summed E-state index contributed by atoms with van der Waals surface area (Å²) in [5.74, 6) is -0.937. The molecule has 0 unspecified atom stereocenters. The number of rotatable bonds is 2. The quantitative estimate of drug-likeness (QED) is 0.853. The number of amides is 1. The third-order valence-corrected chi connectivity index (χ3v) is 2.55. The SMILES string of the molecule is O=C(Nc1cc(F)cc(Cl)c1)c1ccc(Cl)nc1. The minimum absolute atomic E-state index is 0.208. The molecule has 18 heavy (non-hydrogen) atoms. The van der Waals surface area contributed by atoms with E-state index in [9.17, 15) is 9.18 Å². The van der Waals surface area contributed by atoms with Crippen molar-refractivity contribution in [2.24, 2.45) is 0 Å². The van der Waals surface area contributed by atoms with Crippen LogP contribution in [0.2, 0.25) is 10.2 Å². The molecule has 0 aliphatic rings. The number of nitrogens with zero attached hydrogens (tertiary/aromatic N) is 1. The topological polar surface area (TPSA) is 42.0 Å². The van der Waals surface area contributed by atoms with Crippen LogP contribution in [0.25, 0.3) is 0 Å². The molecule has 6 heteroatoms. The number of anilines is 1. The molecule has 1 amide bonds. The lowest BCUT2D eigenvalue weighted by molar-refractivity contribution is 0.102. The van der Waals surface area contributed by atoms with Gasteiger partial charge >= 0.3 is 0 Å². The van der Waals surface area contributed by atoms with Gasteiger partial charge in [-0.15, -0.1) is 0 Å². The third-order valence-electron chi connectivity index (χ3n) is 2.11. The van der Waals surface area contributed by atoms with Gasteiger partial charge in [0.1, 0.15) is 11.0 Å². The maximum Gasteiger partial charge on any atom is 0.257 e. The number of carbonyl (C=O) groups is 1. The molecule has 1 N–H and O–H groups in total. The summed E-state index contributed by atoms with van der Waals surface area (Å²) in [6, 6.07) is 6.79. The minimum atomic E-state index is -0.521. The Hall–Kier alpha value is -1.65. The van der Waals surface area contributed by atoms with Crippen LogP contribution in [0.4, 0.5) is 10.1 Å². The minimum Gasteiger partial charge on any atom is -0.322 e. The highest BCUT2D eigenvalue weighted by molar-refractivity contribution is 6.31. The Morgan fingerprint density at radius 2 is 2.00 bits per heavy atom. The number of nitrogens with one attached hydrogen (secondary N) is 1. The van der Waals surface area contributed by atoms with E-state index >= 15 is 0 Å². The van der Waals surface area contributed by atoms with Crippen LogP contribution in [0.3, 0.4) is 0 Å². The van der Waals surface area contributed by atoms with Gasteiger partial charge in [0.2, 0.25) is 0 Å². The van der Waals surface area contributed by atoms with Crippen LogP contribution in [0, 0.1) is 5.82 Å². The molecule has 0 atom stereocenters. The van der Waals surface area contributed by atoms with E-state index in [1.165, 1.54) is 30.5 Å². The van der Waals surface area contributed by atoms with Crippen LogP contribution in [-0.2, 0) is 0 Å². The van der Waals surface area contributed by atoms with Crippen molar-refractivity contribution in [2.45, 2.75) is 0 Å². The number of hydrogen-bond donors (Lipinski definition) is 1. The molecular formula is C12H7Cl2FN2O. The predicted octanol–water partition coefficient (Wildman–Crippen LogP) is 3.78. The van der Waals surface area contributed by atoms with Crippen LogP contribution in [0.15, 0.2) is 36.5 Å². The Balaban J connectivity index is 2.18. The summed E-state index contributed by atoms with van der Waals surface area (Å²) in [5.41, 5.74) is 0.597. The maximum absolute atomic E-state index is 13.1. The van der Waals surface area contributed by atoms with Gasteiger partial charge in [0.05, 0.1) is 5.56 Å². The first-order valence-corrected chi connectivity index (χ1v) is 5.69. The summed E-state index contributed by atoms with van der Waals surface area (Å²) in [4.78, 5) is 15.6. The Bertz CT molecular complexity index is 567. The van der Waals surface area contributed by atoms with E-state index in [-0.39, 0.29) is 10.7 Å². The van der Waals surface area contributed by atoms with Crippen molar-refractivity contribution in [2.75, 3.05) is 5.32 Å². The molecule has 3 nitrogen and oxygen atoms in total. The lowest BCUT2D eigenvalue weighted by atomic mass is 10.2. The molecule has 0 saturated carbocycles. The highest BCUT2D eigenvalue weighted by atomic mass is 35.5. The third kappa shape index (κ3) is 3.18. The first-order valence-electron chi connectivity index (χ1n) is 4.93. The normalized spacial score (nSPS) is 10.2. The molecule has 1 aromatic carbocycles. The fourth-order valence-corrected chi connectivity index (χ4v) is 1.67. The van der Waals surface area contributed by atoms with E-state index in [2.05, 4.69) is 10.3 Å². The number of pyridine rings is 1. The fourth-order valence-electron chi connectivity index (χ4n) is 1.34. The van der Waals surface area contributed by atoms with Crippen molar-refractivity contribution in [3.8, 4) is 0 Å². The van der Waals surface area contributed by atoms with Gasteiger partial charge < -0.3 is 5.32 Å². The first-order chi connectivity index (χ1) is 8.54. The lowest BCUT2D eigenvalue weighted by Crippen LogP contribution is -2.12. The molecule has 0 fully saturated rings. The van der Waals surface area contributed by atoms with Gasteiger partial charge in [-0.25, -0.2) is 9.37 Å². The fraction of sp³-hybridized carbons (Fsp3) is 0. The number of benzene rings is 1. The molecule has 0 spiro atoms. The smallest absolute Gasteiger partial charge is 0.257 e. The predicted molar refractivity (Wildman–Crippen MR) is 68.6 cm³/mol. The largest absolute Gasteiger partial charge is 0.322 e. The second kappa shape index (κ2) is 5.33. The van der Waals surface area contributed by atoms with Crippen molar-refractivity contribution in [3.63, 3.8) is 0 Å². The molecule has 0 saturated heterocycles.